The first kappa shape index (κ1) is 12.0. The molecule has 0 radical (unpaired) electrons. The molecule has 18 heavy (non-hydrogen) atoms. The molecule has 1 aliphatic carbocycles. The topological polar surface area (TPSA) is 40.5 Å². The van der Waals surface area contributed by atoms with E-state index in [1.54, 1.807) is 6.07 Å². The van der Waals surface area contributed by atoms with Crippen molar-refractivity contribution in [2.45, 2.75) is 19.3 Å². The van der Waals surface area contributed by atoms with Crippen LogP contribution in [0.25, 0.3) is 0 Å². The van der Waals surface area contributed by atoms with Crippen LogP contribution < -0.4 is 4.90 Å². The maximum Gasteiger partial charge on any atom is 0.336 e. The zero-order chi connectivity index (χ0) is 12.7. The SMILES string of the molecule is O=C(O)c1ccc(N2CC3CCCC3C2)cc1Br. The van der Waals surface area contributed by atoms with Crippen LogP contribution in [0, 0.1) is 11.8 Å². The Labute approximate surface area is 115 Å². The molecule has 1 heterocycles. The highest BCUT2D eigenvalue weighted by Gasteiger charge is 2.36. The smallest absolute Gasteiger partial charge is 0.336 e. The molecule has 1 aromatic carbocycles. The van der Waals surface area contributed by atoms with Crippen LogP contribution in [0.4, 0.5) is 5.69 Å². The van der Waals surface area contributed by atoms with E-state index in [0.29, 0.717) is 10.0 Å². The first-order valence-electron chi connectivity index (χ1n) is 6.43. The van der Waals surface area contributed by atoms with Crippen LogP contribution in [0.1, 0.15) is 29.6 Å². The van der Waals surface area contributed by atoms with Crippen molar-refractivity contribution in [3.63, 3.8) is 0 Å². The third-order valence-electron chi connectivity index (χ3n) is 4.27. The molecule has 0 amide bonds. The lowest BCUT2D eigenvalue weighted by atomic mass is 10.0. The van der Waals surface area contributed by atoms with Crippen LogP contribution in [0.3, 0.4) is 0 Å². The number of carboxylic acid groups (broad SMARTS) is 1. The summed E-state index contributed by atoms with van der Waals surface area (Å²) in [6.45, 7) is 2.26. The summed E-state index contributed by atoms with van der Waals surface area (Å²) in [6.07, 6.45) is 4.09. The number of hydrogen-bond donors (Lipinski definition) is 1. The number of nitrogens with zero attached hydrogens (tertiary/aromatic N) is 1. The molecule has 1 aliphatic heterocycles. The molecule has 2 unspecified atom stereocenters. The highest BCUT2D eigenvalue weighted by molar-refractivity contribution is 9.10. The summed E-state index contributed by atoms with van der Waals surface area (Å²) in [7, 11) is 0. The van der Waals surface area contributed by atoms with Gasteiger partial charge in [-0.3, -0.25) is 0 Å². The first-order chi connectivity index (χ1) is 8.65. The summed E-state index contributed by atoms with van der Waals surface area (Å²) in [5.41, 5.74) is 1.47. The number of hydrogen-bond acceptors (Lipinski definition) is 2. The predicted molar refractivity (Wildman–Crippen MR) is 74.1 cm³/mol. The Morgan fingerprint density at radius 1 is 1.28 bits per heavy atom. The van der Waals surface area contributed by atoms with Gasteiger partial charge in [0.05, 0.1) is 5.56 Å². The number of fused-ring (bicyclic) bond motifs is 1. The van der Waals surface area contributed by atoms with E-state index in [4.69, 9.17) is 5.11 Å². The molecule has 0 spiro atoms. The number of carbonyl (C=O) groups is 1. The molecule has 3 rings (SSSR count). The molecular weight excluding hydrogens is 294 g/mol. The lowest BCUT2D eigenvalue weighted by molar-refractivity contribution is 0.0696. The van der Waals surface area contributed by atoms with Crippen molar-refractivity contribution in [2.75, 3.05) is 18.0 Å². The van der Waals surface area contributed by atoms with Crippen molar-refractivity contribution in [3.8, 4) is 0 Å². The predicted octanol–water partition coefficient (Wildman–Crippen LogP) is 3.38. The van der Waals surface area contributed by atoms with Crippen LogP contribution in [0.5, 0.6) is 0 Å². The van der Waals surface area contributed by atoms with Crippen molar-refractivity contribution in [1.29, 1.82) is 0 Å². The quantitative estimate of drug-likeness (QED) is 0.910. The number of rotatable bonds is 2. The third-order valence-corrected chi connectivity index (χ3v) is 4.93. The minimum absolute atomic E-state index is 0.332. The Balaban J connectivity index is 1.81. The zero-order valence-electron chi connectivity index (χ0n) is 10.1. The molecule has 3 nitrogen and oxygen atoms in total. The summed E-state index contributed by atoms with van der Waals surface area (Å²) < 4.78 is 0.671. The molecule has 1 saturated heterocycles. The van der Waals surface area contributed by atoms with Crippen molar-refractivity contribution < 1.29 is 9.90 Å². The third kappa shape index (κ3) is 2.03. The summed E-state index contributed by atoms with van der Waals surface area (Å²) in [4.78, 5) is 13.4. The minimum Gasteiger partial charge on any atom is -0.478 e. The molecule has 96 valence electrons. The van der Waals surface area contributed by atoms with Gasteiger partial charge in [-0.25, -0.2) is 4.79 Å². The van der Waals surface area contributed by atoms with Crippen LogP contribution in [0.2, 0.25) is 0 Å². The molecule has 1 aromatic rings. The molecular formula is C14H16BrNO2. The molecule has 1 saturated carbocycles. The van der Waals surface area contributed by atoms with Gasteiger partial charge in [0, 0.05) is 23.2 Å². The maximum atomic E-state index is 11.0. The van der Waals surface area contributed by atoms with Gasteiger partial charge in [0.1, 0.15) is 0 Å². The Bertz CT molecular complexity index is 477. The van der Waals surface area contributed by atoms with Crippen molar-refractivity contribution >= 4 is 27.6 Å². The Morgan fingerprint density at radius 3 is 2.50 bits per heavy atom. The van der Waals surface area contributed by atoms with E-state index >= 15 is 0 Å². The van der Waals surface area contributed by atoms with Crippen molar-refractivity contribution in [2.24, 2.45) is 11.8 Å². The van der Waals surface area contributed by atoms with E-state index in [0.717, 1.165) is 30.6 Å². The maximum absolute atomic E-state index is 11.0. The van der Waals surface area contributed by atoms with Gasteiger partial charge in [0.25, 0.3) is 0 Å². The fourth-order valence-corrected chi connectivity index (χ4v) is 3.86. The normalized spacial score (nSPS) is 26.4. The lowest BCUT2D eigenvalue weighted by Crippen LogP contribution is -2.20. The van der Waals surface area contributed by atoms with Gasteiger partial charge in [-0.1, -0.05) is 6.42 Å². The molecule has 4 heteroatoms. The molecule has 1 N–H and O–H groups in total. The monoisotopic (exact) mass is 309 g/mol. The largest absolute Gasteiger partial charge is 0.478 e. The fraction of sp³-hybridized carbons (Fsp3) is 0.500. The van der Waals surface area contributed by atoms with Gasteiger partial charge in [0.2, 0.25) is 0 Å². The van der Waals surface area contributed by atoms with Gasteiger partial charge < -0.3 is 10.0 Å². The Morgan fingerprint density at radius 2 is 1.94 bits per heavy atom. The van der Waals surface area contributed by atoms with E-state index in [1.165, 1.54) is 19.3 Å². The van der Waals surface area contributed by atoms with Crippen LogP contribution in [0.15, 0.2) is 22.7 Å². The highest BCUT2D eigenvalue weighted by atomic mass is 79.9. The molecule has 2 aliphatic rings. The van der Waals surface area contributed by atoms with E-state index in [-0.39, 0.29) is 0 Å². The Kier molecular flexibility index (Phi) is 3.06. The van der Waals surface area contributed by atoms with Crippen LogP contribution in [-0.2, 0) is 0 Å². The summed E-state index contributed by atoms with van der Waals surface area (Å²) in [6, 6.07) is 5.55. The Hall–Kier alpha value is -1.03. The van der Waals surface area contributed by atoms with Gasteiger partial charge in [0.15, 0.2) is 0 Å². The number of halogens is 1. The molecule has 2 fully saturated rings. The molecule has 0 aromatic heterocycles. The first-order valence-corrected chi connectivity index (χ1v) is 7.22. The average molecular weight is 310 g/mol. The second-order valence-corrected chi connectivity index (χ2v) is 6.18. The number of aromatic carboxylic acids is 1. The van der Waals surface area contributed by atoms with Gasteiger partial charge in [-0.15, -0.1) is 0 Å². The average Bonchev–Trinajstić information content (AvgIpc) is 2.87. The van der Waals surface area contributed by atoms with Gasteiger partial charge in [-0.05, 0) is 58.8 Å². The lowest BCUT2D eigenvalue weighted by Gasteiger charge is -2.20. The highest BCUT2D eigenvalue weighted by Crippen LogP contribution is 2.40. The number of benzene rings is 1. The van der Waals surface area contributed by atoms with E-state index < -0.39 is 5.97 Å². The summed E-state index contributed by atoms with van der Waals surface area (Å²) >= 11 is 3.35. The van der Waals surface area contributed by atoms with Crippen LogP contribution >= 0.6 is 15.9 Å². The second kappa shape index (κ2) is 4.57. The molecule has 2 atom stereocenters. The van der Waals surface area contributed by atoms with Crippen LogP contribution in [-0.4, -0.2) is 24.2 Å². The number of anilines is 1. The van der Waals surface area contributed by atoms with E-state index in [9.17, 15) is 4.79 Å². The zero-order valence-corrected chi connectivity index (χ0v) is 11.7. The van der Waals surface area contributed by atoms with Gasteiger partial charge in [-0.2, -0.15) is 0 Å². The van der Waals surface area contributed by atoms with E-state index in [2.05, 4.69) is 20.8 Å². The summed E-state index contributed by atoms with van der Waals surface area (Å²) in [5.74, 6) is 0.817. The van der Waals surface area contributed by atoms with Crippen molar-refractivity contribution in [3.05, 3.63) is 28.2 Å². The molecule has 0 bridgehead atoms. The summed E-state index contributed by atoms with van der Waals surface area (Å²) in [5, 5.41) is 9.01. The van der Waals surface area contributed by atoms with Gasteiger partial charge >= 0.3 is 5.97 Å². The minimum atomic E-state index is -0.883. The standard InChI is InChI=1S/C14H16BrNO2/c15-13-6-11(4-5-12(13)14(17)18)16-7-9-2-1-3-10(9)8-16/h4-6,9-10H,1-3,7-8H2,(H,17,18). The van der Waals surface area contributed by atoms with E-state index in [1.807, 2.05) is 12.1 Å². The second-order valence-electron chi connectivity index (χ2n) is 5.33. The fourth-order valence-electron chi connectivity index (χ4n) is 3.32. The van der Waals surface area contributed by atoms with Crippen molar-refractivity contribution in [1.82, 2.24) is 0 Å². The number of carboxylic acids is 1.